The lowest BCUT2D eigenvalue weighted by Crippen LogP contribution is -2.01. The largest absolute Gasteiger partial charge is 0.368 e. The van der Waals surface area contributed by atoms with E-state index in [1.165, 1.54) is 11.0 Å². The minimum atomic E-state index is 0.237. The predicted molar refractivity (Wildman–Crippen MR) is 50.4 cm³/mol. The fourth-order valence-corrected chi connectivity index (χ4v) is 1.52. The summed E-state index contributed by atoms with van der Waals surface area (Å²) in [5.41, 5.74) is 2.11. The third-order valence-corrected chi connectivity index (χ3v) is 2.38. The molecule has 0 unspecified atom stereocenters. The minimum Gasteiger partial charge on any atom is -0.368 e. The Morgan fingerprint density at radius 3 is 2.93 bits per heavy atom. The van der Waals surface area contributed by atoms with Gasteiger partial charge in [-0.1, -0.05) is 6.07 Å². The zero-order valence-electron chi connectivity index (χ0n) is 8.16. The Bertz CT molecular complexity index is 477. The van der Waals surface area contributed by atoms with Gasteiger partial charge < -0.3 is 4.74 Å². The van der Waals surface area contributed by atoms with Gasteiger partial charge in [0.25, 0.3) is 0 Å². The van der Waals surface area contributed by atoms with Crippen molar-refractivity contribution < 1.29 is 4.74 Å². The maximum Gasteiger partial charge on any atom is 0.157 e. The van der Waals surface area contributed by atoms with Crippen molar-refractivity contribution in [3.05, 3.63) is 29.7 Å². The molecule has 0 N–H and O–H groups in total. The molecule has 0 spiro atoms. The molecule has 2 aromatic heterocycles. The lowest BCUT2D eigenvalue weighted by Gasteiger charge is -2.03. The van der Waals surface area contributed by atoms with Gasteiger partial charge in [0.1, 0.15) is 12.4 Å². The first-order valence-corrected chi connectivity index (χ1v) is 4.67. The highest BCUT2D eigenvalue weighted by Gasteiger charge is 2.26. The van der Waals surface area contributed by atoms with E-state index in [2.05, 4.69) is 20.5 Å². The molecule has 0 aliphatic carbocycles. The third-order valence-electron chi connectivity index (χ3n) is 2.38. The van der Waals surface area contributed by atoms with Gasteiger partial charge in [0.05, 0.1) is 6.61 Å². The highest BCUT2D eigenvalue weighted by molar-refractivity contribution is 5.31. The summed E-state index contributed by atoms with van der Waals surface area (Å²) in [4.78, 5) is 4.42. The SMILES string of the molecule is Cc1nc(-n2cnnn2)ccc1[C@@H]1CO1. The Morgan fingerprint density at radius 1 is 1.47 bits per heavy atom. The molecular weight excluding hydrogens is 194 g/mol. The first-order valence-electron chi connectivity index (χ1n) is 4.67. The summed E-state index contributed by atoms with van der Waals surface area (Å²) in [6.07, 6.45) is 1.76. The van der Waals surface area contributed by atoms with E-state index >= 15 is 0 Å². The monoisotopic (exact) mass is 203 g/mol. The van der Waals surface area contributed by atoms with Crippen LogP contribution in [0.1, 0.15) is 17.4 Å². The van der Waals surface area contributed by atoms with Crippen LogP contribution in [0.15, 0.2) is 18.5 Å². The third kappa shape index (κ3) is 1.48. The quantitative estimate of drug-likeness (QED) is 0.662. The van der Waals surface area contributed by atoms with Crippen LogP contribution in [0.4, 0.5) is 0 Å². The molecule has 1 aliphatic rings. The van der Waals surface area contributed by atoms with E-state index in [-0.39, 0.29) is 6.10 Å². The second-order valence-electron chi connectivity index (χ2n) is 3.42. The van der Waals surface area contributed by atoms with Crippen molar-refractivity contribution in [3.8, 4) is 5.82 Å². The van der Waals surface area contributed by atoms with E-state index in [1.54, 1.807) is 0 Å². The number of hydrogen-bond donors (Lipinski definition) is 0. The van der Waals surface area contributed by atoms with Crippen molar-refractivity contribution in [2.75, 3.05) is 6.61 Å². The second-order valence-corrected chi connectivity index (χ2v) is 3.42. The van der Waals surface area contributed by atoms with Crippen LogP contribution in [0.2, 0.25) is 0 Å². The summed E-state index contributed by atoms with van der Waals surface area (Å²) in [5.74, 6) is 0.724. The van der Waals surface area contributed by atoms with Gasteiger partial charge in [-0.2, -0.15) is 4.68 Å². The molecule has 15 heavy (non-hydrogen) atoms. The summed E-state index contributed by atoms with van der Waals surface area (Å²) < 4.78 is 6.75. The minimum absolute atomic E-state index is 0.237. The zero-order chi connectivity index (χ0) is 10.3. The smallest absolute Gasteiger partial charge is 0.157 e. The summed E-state index contributed by atoms with van der Waals surface area (Å²) >= 11 is 0. The van der Waals surface area contributed by atoms with Crippen molar-refractivity contribution in [1.29, 1.82) is 0 Å². The molecule has 3 rings (SSSR count). The maximum atomic E-state index is 5.22. The lowest BCUT2D eigenvalue weighted by atomic mass is 10.1. The van der Waals surface area contributed by atoms with Gasteiger partial charge in [-0.3, -0.25) is 0 Å². The maximum absolute atomic E-state index is 5.22. The van der Waals surface area contributed by atoms with Crippen LogP contribution in [-0.2, 0) is 4.74 Å². The molecule has 1 saturated heterocycles. The van der Waals surface area contributed by atoms with Crippen LogP contribution in [0.5, 0.6) is 0 Å². The van der Waals surface area contributed by atoms with Crippen molar-refractivity contribution in [1.82, 2.24) is 25.2 Å². The van der Waals surface area contributed by atoms with Gasteiger partial charge in [0.2, 0.25) is 0 Å². The van der Waals surface area contributed by atoms with E-state index in [0.29, 0.717) is 0 Å². The van der Waals surface area contributed by atoms with E-state index in [1.807, 2.05) is 19.1 Å². The Kier molecular flexibility index (Phi) is 1.75. The Morgan fingerprint density at radius 2 is 2.33 bits per heavy atom. The molecule has 0 radical (unpaired) electrons. The molecular formula is C9H9N5O. The number of ether oxygens (including phenoxy) is 1. The number of pyridine rings is 1. The molecule has 6 nitrogen and oxygen atoms in total. The summed E-state index contributed by atoms with van der Waals surface area (Å²) in [5, 5.41) is 10.9. The van der Waals surface area contributed by atoms with E-state index in [4.69, 9.17) is 4.74 Å². The molecule has 1 atom stereocenters. The van der Waals surface area contributed by atoms with Crippen molar-refractivity contribution in [3.63, 3.8) is 0 Å². The zero-order valence-corrected chi connectivity index (χ0v) is 8.16. The van der Waals surface area contributed by atoms with Gasteiger partial charge in [-0.05, 0) is 23.4 Å². The molecule has 0 aromatic carbocycles. The van der Waals surface area contributed by atoms with E-state index in [0.717, 1.165) is 23.7 Å². The number of aromatic nitrogens is 5. The van der Waals surface area contributed by atoms with Crippen LogP contribution in [0, 0.1) is 6.92 Å². The molecule has 1 aliphatic heterocycles. The number of rotatable bonds is 2. The summed E-state index contributed by atoms with van der Waals surface area (Å²) in [6, 6.07) is 3.90. The highest BCUT2D eigenvalue weighted by Crippen LogP contribution is 2.31. The van der Waals surface area contributed by atoms with Crippen molar-refractivity contribution >= 4 is 0 Å². The van der Waals surface area contributed by atoms with Gasteiger partial charge in [-0.25, -0.2) is 4.98 Å². The van der Waals surface area contributed by atoms with Crippen molar-refractivity contribution in [2.24, 2.45) is 0 Å². The highest BCUT2D eigenvalue weighted by atomic mass is 16.6. The standard InChI is InChI=1S/C9H9N5O/c1-6-7(8-4-15-8)2-3-9(11-6)14-5-10-12-13-14/h2-3,5,8H,4H2,1H3/t8-/m0/s1. The predicted octanol–water partition coefficient (Wildman–Crippen LogP) is 0.437. The fraction of sp³-hybridized carbons (Fsp3) is 0.333. The van der Waals surface area contributed by atoms with E-state index < -0.39 is 0 Å². The van der Waals surface area contributed by atoms with Gasteiger partial charge in [0, 0.05) is 11.3 Å². The Hall–Kier alpha value is -1.82. The van der Waals surface area contributed by atoms with E-state index in [9.17, 15) is 0 Å². The normalized spacial score (nSPS) is 19.1. The number of aryl methyl sites for hydroxylation is 1. The number of epoxide rings is 1. The molecule has 0 saturated carbocycles. The average molecular weight is 203 g/mol. The second kappa shape index (κ2) is 3.09. The average Bonchev–Trinajstić information content (AvgIpc) is 2.93. The van der Waals surface area contributed by atoms with Gasteiger partial charge in [-0.15, -0.1) is 5.10 Å². The van der Waals surface area contributed by atoms with Crippen LogP contribution < -0.4 is 0 Å². The topological polar surface area (TPSA) is 69.0 Å². The molecule has 76 valence electrons. The van der Waals surface area contributed by atoms with Crippen LogP contribution >= 0.6 is 0 Å². The number of tetrazole rings is 1. The molecule has 0 bridgehead atoms. The summed E-state index contributed by atoms with van der Waals surface area (Å²) in [7, 11) is 0. The van der Waals surface area contributed by atoms with Crippen molar-refractivity contribution in [2.45, 2.75) is 13.0 Å². The van der Waals surface area contributed by atoms with Crippen LogP contribution in [0.25, 0.3) is 5.82 Å². The summed E-state index contributed by atoms with van der Waals surface area (Å²) in [6.45, 7) is 2.76. The van der Waals surface area contributed by atoms with Gasteiger partial charge >= 0.3 is 0 Å². The molecule has 3 heterocycles. The van der Waals surface area contributed by atoms with Gasteiger partial charge in [0.15, 0.2) is 5.82 Å². The lowest BCUT2D eigenvalue weighted by molar-refractivity contribution is 0.414. The molecule has 2 aromatic rings. The molecule has 0 amide bonds. The number of nitrogens with zero attached hydrogens (tertiary/aromatic N) is 5. The first kappa shape index (κ1) is 8.49. The Labute approximate surface area is 85.9 Å². The van der Waals surface area contributed by atoms with Crippen LogP contribution in [0.3, 0.4) is 0 Å². The van der Waals surface area contributed by atoms with Crippen LogP contribution in [-0.4, -0.2) is 31.8 Å². The fourth-order valence-electron chi connectivity index (χ4n) is 1.52. The first-order chi connectivity index (χ1) is 7.34. The Balaban J connectivity index is 2.01. The molecule has 6 heteroatoms. The number of hydrogen-bond acceptors (Lipinski definition) is 5. The molecule has 1 fully saturated rings.